The summed E-state index contributed by atoms with van der Waals surface area (Å²) in [6, 6.07) is 0. The zero-order valence-electron chi connectivity index (χ0n) is 10.1. The van der Waals surface area contributed by atoms with Gasteiger partial charge in [-0.3, -0.25) is 0 Å². The number of aromatic nitrogens is 2. The maximum atomic E-state index is 11.9. The van der Waals surface area contributed by atoms with E-state index < -0.39 is 10.0 Å². The van der Waals surface area contributed by atoms with Crippen molar-refractivity contribution in [3.63, 3.8) is 0 Å². The molecule has 0 atom stereocenters. The Balaban J connectivity index is 2.80. The minimum absolute atomic E-state index is 0.109. The molecule has 0 aromatic carbocycles. The molecule has 1 aromatic heterocycles. The lowest BCUT2D eigenvalue weighted by Gasteiger charge is -2.02. The van der Waals surface area contributed by atoms with Crippen LogP contribution in [-0.4, -0.2) is 29.8 Å². The molecule has 0 aliphatic carbocycles. The highest BCUT2D eigenvalue weighted by Crippen LogP contribution is 2.09. The first kappa shape index (κ1) is 14.7. The van der Waals surface area contributed by atoms with E-state index in [0.29, 0.717) is 6.54 Å². The van der Waals surface area contributed by atoms with Crippen LogP contribution in [0.3, 0.4) is 0 Å². The van der Waals surface area contributed by atoms with Crippen LogP contribution in [0.1, 0.15) is 25.6 Å². The van der Waals surface area contributed by atoms with Crippen LogP contribution in [0.5, 0.6) is 0 Å². The summed E-state index contributed by atoms with van der Waals surface area (Å²) in [5.74, 6) is 0.729. The molecule has 1 N–H and O–H groups in total. The SMILES string of the molecule is CCCn1cc(S(=O)(=O)NCCCBr)nc1C. The van der Waals surface area contributed by atoms with Gasteiger partial charge in [0.15, 0.2) is 5.03 Å². The molecular formula is C10H18BrN3O2S. The third-order valence-corrected chi connectivity index (χ3v) is 4.19. The van der Waals surface area contributed by atoms with E-state index in [0.717, 1.165) is 30.5 Å². The minimum Gasteiger partial charge on any atom is -0.334 e. The number of aryl methyl sites for hydroxylation is 2. The van der Waals surface area contributed by atoms with Gasteiger partial charge in [-0.05, 0) is 19.8 Å². The van der Waals surface area contributed by atoms with Gasteiger partial charge >= 0.3 is 0 Å². The van der Waals surface area contributed by atoms with Crippen LogP contribution in [-0.2, 0) is 16.6 Å². The van der Waals surface area contributed by atoms with Crippen LogP contribution in [0.2, 0.25) is 0 Å². The molecule has 0 bridgehead atoms. The van der Waals surface area contributed by atoms with Gasteiger partial charge in [-0.15, -0.1) is 0 Å². The number of nitrogens with one attached hydrogen (secondary N) is 1. The second kappa shape index (κ2) is 6.51. The van der Waals surface area contributed by atoms with Gasteiger partial charge in [-0.1, -0.05) is 22.9 Å². The van der Waals surface area contributed by atoms with Crippen molar-refractivity contribution in [2.75, 3.05) is 11.9 Å². The monoisotopic (exact) mass is 323 g/mol. The lowest BCUT2D eigenvalue weighted by atomic mass is 10.5. The van der Waals surface area contributed by atoms with Crippen LogP contribution < -0.4 is 4.72 Å². The summed E-state index contributed by atoms with van der Waals surface area (Å²) in [5, 5.41) is 0.886. The Hall–Kier alpha value is -0.400. The number of alkyl halides is 1. The minimum atomic E-state index is -3.46. The van der Waals surface area contributed by atoms with Crippen LogP contribution in [0.15, 0.2) is 11.2 Å². The zero-order chi connectivity index (χ0) is 12.9. The summed E-state index contributed by atoms with van der Waals surface area (Å²) >= 11 is 3.26. The predicted octanol–water partition coefficient (Wildman–Crippen LogP) is 1.66. The standard InChI is InChI=1S/C10H18BrN3O2S/c1-3-7-14-8-10(13-9(14)2)17(15,16)12-6-4-5-11/h8,12H,3-7H2,1-2H3. The van der Waals surface area contributed by atoms with Gasteiger partial charge in [0, 0.05) is 24.6 Å². The molecular weight excluding hydrogens is 306 g/mol. The molecule has 0 fully saturated rings. The first-order valence-corrected chi connectivity index (χ1v) is 8.21. The van der Waals surface area contributed by atoms with Gasteiger partial charge in [0.1, 0.15) is 5.82 Å². The van der Waals surface area contributed by atoms with Gasteiger partial charge in [0.25, 0.3) is 10.0 Å². The van der Waals surface area contributed by atoms with Crippen LogP contribution in [0.4, 0.5) is 0 Å². The fraction of sp³-hybridized carbons (Fsp3) is 0.700. The van der Waals surface area contributed by atoms with Gasteiger partial charge in [0.2, 0.25) is 0 Å². The Morgan fingerprint density at radius 2 is 2.24 bits per heavy atom. The Morgan fingerprint density at radius 3 is 2.82 bits per heavy atom. The highest BCUT2D eigenvalue weighted by Gasteiger charge is 2.18. The summed E-state index contributed by atoms with van der Waals surface area (Å²) in [7, 11) is -3.46. The quantitative estimate of drug-likeness (QED) is 0.613. The Labute approximate surface area is 111 Å². The van der Waals surface area contributed by atoms with Crippen molar-refractivity contribution < 1.29 is 8.42 Å². The number of hydrogen-bond donors (Lipinski definition) is 1. The van der Waals surface area contributed by atoms with Gasteiger partial charge in [0.05, 0.1) is 0 Å². The summed E-state index contributed by atoms with van der Waals surface area (Å²) in [5.41, 5.74) is 0. The molecule has 5 nitrogen and oxygen atoms in total. The van der Waals surface area contributed by atoms with E-state index in [2.05, 4.69) is 25.6 Å². The van der Waals surface area contributed by atoms with Crippen molar-refractivity contribution in [2.24, 2.45) is 0 Å². The summed E-state index contributed by atoms with van der Waals surface area (Å²) in [6.45, 7) is 5.07. The first-order chi connectivity index (χ1) is 8.01. The number of imidazole rings is 1. The normalized spacial score (nSPS) is 11.9. The third-order valence-electron chi connectivity index (χ3n) is 2.30. The molecule has 17 heavy (non-hydrogen) atoms. The molecule has 0 saturated heterocycles. The second-order valence-corrected chi connectivity index (χ2v) is 6.27. The average Bonchev–Trinajstić information content (AvgIpc) is 2.62. The van der Waals surface area contributed by atoms with Gasteiger partial charge in [-0.25, -0.2) is 18.1 Å². The summed E-state index contributed by atoms with van der Waals surface area (Å²) in [6.07, 6.45) is 3.30. The fourth-order valence-corrected chi connectivity index (χ4v) is 2.78. The molecule has 1 aromatic rings. The average molecular weight is 324 g/mol. The molecule has 98 valence electrons. The molecule has 7 heteroatoms. The Bertz CT molecular complexity index is 456. The predicted molar refractivity (Wildman–Crippen MR) is 70.9 cm³/mol. The number of sulfonamides is 1. The lowest BCUT2D eigenvalue weighted by molar-refractivity contribution is 0.577. The van der Waals surface area contributed by atoms with E-state index in [1.165, 1.54) is 0 Å². The highest BCUT2D eigenvalue weighted by molar-refractivity contribution is 9.09. The second-order valence-electron chi connectivity index (χ2n) is 3.76. The molecule has 0 spiro atoms. The van der Waals surface area contributed by atoms with Crippen LogP contribution in [0.25, 0.3) is 0 Å². The van der Waals surface area contributed by atoms with Crippen molar-refractivity contribution in [2.45, 2.75) is 38.3 Å². The molecule has 0 radical (unpaired) electrons. The van der Waals surface area contributed by atoms with Crippen molar-refractivity contribution in [3.8, 4) is 0 Å². The summed E-state index contributed by atoms with van der Waals surface area (Å²) in [4.78, 5) is 4.08. The van der Waals surface area contributed by atoms with E-state index in [4.69, 9.17) is 0 Å². The van der Waals surface area contributed by atoms with Crippen LogP contribution >= 0.6 is 15.9 Å². The van der Waals surface area contributed by atoms with E-state index in [1.807, 2.05) is 18.4 Å². The first-order valence-electron chi connectivity index (χ1n) is 5.60. The largest absolute Gasteiger partial charge is 0.334 e. The fourth-order valence-electron chi connectivity index (χ4n) is 1.42. The highest BCUT2D eigenvalue weighted by atomic mass is 79.9. The third kappa shape index (κ3) is 4.08. The molecule has 0 unspecified atom stereocenters. The number of halogens is 1. The molecule has 0 saturated carbocycles. The number of hydrogen-bond acceptors (Lipinski definition) is 3. The smallest absolute Gasteiger partial charge is 0.259 e. The zero-order valence-corrected chi connectivity index (χ0v) is 12.5. The molecule has 0 aliphatic heterocycles. The van der Waals surface area contributed by atoms with Gasteiger partial charge < -0.3 is 4.57 Å². The van der Waals surface area contributed by atoms with Crippen molar-refractivity contribution >= 4 is 26.0 Å². The maximum Gasteiger partial charge on any atom is 0.259 e. The van der Waals surface area contributed by atoms with E-state index >= 15 is 0 Å². The number of nitrogens with zero attached hydrogens (tertiary/aromatic N) is 2. The number of rotatable bonds is 7. The lowest BCUT2D eigenvalue weighted by Crippen LogP contribution is -2.25. The van der Waals surface area contributed by atoms with Crippen LogP contribution in [0, 0.1) is 6.92 Å². The van der Waals surface area contributed by atoms with E-state index in [9.17, 15) is 8.42 Å². The van der Waals surface area contributed by atoms with E-state index in [1.54, 1.807) is 6.20 Å². The van der Waals surface area contributed by atoms with Crippen molar-refractivity contribution in [1.29, 1.82) is 0 Å². The van der Waals surface area contributed by atoms with E-state index in [-0.39, 0.29) is 5.03 Å². The molecule has 0 amide bonds. The Kier molecular flexibility index (Phi) is 5.61. The van der Waals surface area contributed by atoms with Crippen molar-refractivity contribution in [1.82, 2.24) is 14.3 Å². The topological polar surface area (TPSA) is 64.0 Å². The molecule has 1 rings (SSSR count). The Morgan fingerprint density at radius 1 is 1.53 bits per heavy atom. The van der Waals surface area contributed by atoms with Gasteiger partial charge in [-0.2, -0.15) is 0 Å². The maximum absolute atomic E-state index is 11.9. The molecule has 0 aliphatic rings. The molecule has 1 heterocycles. The van der Waals surface area contributed by atoms with Crippen molar-refractivity contribution in [3.05, 3.63) is 12.0 Å². The summed E-state index contributed by atoms with van der Waals surface area (Å²) < 4.78 is 28.1.